The molecule has 0 spiro atoms. The smallest absolute Gasteiger partial charge is 0.498 e. The quantitative estimate of drug-likeness (QED) is 0.400. The Morgan fingerprint density at radius 1 is 1.53 bits per heavy atom. The topological polar surface area (TPSA) is 44.8 Å². The molecule has 0 saturated carbocycles. The maximum atomic E-state index is 10.7. The first-order valence-electron chi connectivity index (χ1n) is 5.20. The second-order valence-electron chi connectivity index (χ2n) is 4.01. The molecule has 1 saturated heterocycles. The maximum Gasteiger partial charge on any atom is 0.508 e. The van der Waals surface area contributed by atoms with Gasteiger partial charge in [-0.3, -0.25) is 0 Å². The van der Waals surface area contributed by atoms with Crippen molar-refractivity contribution in [3.63, 3.8) is 0 Å². The fraction of sp³-hybridized carbons (Fsp3) is 0.727. The molecule has 0 atom stereocenters. The molecular weight excluding hydrogens is 196 g/mol. The minimum atomic E-state index is -0.617. The van der Waals surface area contributed by atoms with E-state index < -0.39 is 11.6 Å². The fourth-order valence-electron chi connectivity index (χ4n) is 1.19. The molecule has 0 aromatic rings. The van der Waals surface area contributed by atoms with Crippen LogP contribution < -0.4 is 0 Å². The molecule has 0 radical (unpaired) electrons. The molecule has 0 N–H and O–H groups in total. The van der Waals surface area contributed by atoms with Crippen LogP contribution in [0.5, 0.6) is 0 Å². The van der Waals surface area contributed by atoms with Gasteiger partial charge in [-0.1, -0.05) is 19.9 Å². The normalized spacial score (nSPS) is 18.9. The van der Waals surface area contributed by atoms with Crippen LogP contribution in [-0.4, -0.2) is 26.0 Å². The van der Waals surface area contributed by atoms with Crippen molar-refractivity contribution in [3.8, 4) is 0 Å². The van der Waals surface area contributed by atoms with E-state index in [1.807, 2.05) is 6.92 Å². The van der Waals surface area contributed by atoms with Gasteiger partial charge in [-0.15, -0.1) is 0 Å². The van der Waals surface area contributed by atoms with Gasteiger partial charge in [0, 0.05) is 0 Å². The summed E-state index contributed by atoms with van der Waals surface area (Å²) in [4.78, 5) is 10.7. The Balaban J connectivity index is 2.40. The van der Waals surface area contributed by atoms with Crippen LogP contribution in [0.3, 0.4) is 0 Å². The lowest BCUT2D eigenvalue weighted by molar-refractivity contribution is -0.0573. The first-order chi connectivity index (χ1) is 7.08. The number of carbonyl (C=O) groups is 1. The van der Waals surface area contributed by atoms with Crippen molar-refractivity contribution in [1.82, 2.24) is 0 Å². The molecule has 0 bridgehead atoms. The number of ether oxygens (including phenoxy) is 3. The summed E-state index contributed by atoms with van der Waals surface area (Å²) >= 11 is 0. The number of cyclic esters (lactones) is 2. The van der Waals surface area contributed by atoms with Gasteiger partial charge in [0.25, 0.3) is 0 Å². The van der Waals surface area contributed by atoms with E-state index in [2.05, 4.69) is 13.5 Å². The van der Waals surface area contributed by atoms with Crippen molar-refractivity contribution in [2.24, 2.45) is 5.41 Å². The van der Waals surface area contributed by atoms with Crippen LogP contribution in [0.4, 0.5) is 4.79 Å². The Hall–Kier alpha value is -1.19. The lowest BCUT2D eigenvalue weighted by Gasteiger charge is -2.33. The summed E-state index contributed by atoms with van der Waals surface area (Å²) in [5.41, 5.74) is -0.415. The van der Waals surface area contributed by atoms with Gasteiger partial charge < -0.3 is 14.2 Å². The van der Waals surface area contributed by atoms with Crippen molar-refractivity contribution in [3.05, 3.63) is 12.3 Å². The van der Waals surface area contributed by atoms with Crippen molar-refractivity contribution in [2.75, 3.05) is 19.8 Å². The van der Waals surface area contributed by atoms with Gasteiger partial charge >= 0.3 is 6.16 Å². The van der Waals surface area contributed by atoms with E-state index in [0.29, 0.717) is 12.4 Å². The van der Waals surface area contributed by atoms with Gasteiger partial charge in [0.05, 0.1) is 12.0 Å². The van der Waals surface area contributed by atoms with E-state index in [1.54, 1.807) is 0 Å². The van der Waals surface area contributed by atoms with Crippen molar-refractivity contribution in [1.29, 1.82) is 0 Å². The monoisotopic (exact) mass is 214 g/mol. The minimum absolute atomic E-state index is 0.275. The third kappa shape index (κ3) is 3.15. The first kappa shape index (κ1) is 11.9. The van der Waals surface area contributed by atoms with Crippen LogP contribution >= 0.6 is 0 Å². The number of unbranched alkanes of at least 4 members (excludes halogenated alkanes) is 1. The second-order valence-corrected chi connectivity index (χ2v) is 4.01. The molecule has 1 rings (SSSR count). The van der Waals surface area contributed by atoms with Crippen molar-refractivity contribution >= 4 is 6.16 Å². The number of hydrogen-bond donors (Lipinski definition) is 0. The van der Waals surface area contributed by atoms with Crippen LogP contribution in [-0.2, 0) is 14.2 Å². The van der Waals surface area contributed by atoms with Crippen LogP contribution in [0.15, 0.2) is 12.3 Å². The molecule has 4 heteroatoms. The molecule has 4 nitrogen and oxygen atoms in total. The zero-order valence-electron chi connectivity index (χ0n) is 9.38. The van der Waals surface area contributed by atoms with Crippen LogP contribution in [0.1, 0.15) is 26.7 Å². The van der Waals surface area contributed by atoms with Crippen LogP contribution in [0.25, 0.3) is 0 Å². The molecule has 0 aromatic heterocycles. The average Bonchev–Trinajstić information content (AvgIpc) is 2.23. The number of carbonyl (C=O) groups excluding carboxylic acids is 1. The molecule has 0 amide bonds. The second kappa shape index (κ2) is 5.05. The summed E-state index contributed by atoms with van der Waals surface area (Å²) in [5, 5.41) is 0. The minimum Gasteiger partial charge on any atom is -0.498 e. The molecule has 0 unspecified atom stereocenters. The van der Waals surface area contributed by atoms with E-state index in [0.717, 1.165) is 12.8 Å². The highest BCUT2D eigenvalue weighted by atomic mass is 16.7. The SMILES string of the molecule is C=C(OCCCC)C1(C)COC(=O)OC1. The first-order valence-corrected chi connectivity index (χ1v) is 5.20. The molecule has 0 aromatic carbocycles. The molecular formula is C11H18O4. The highest BCUT2D eigenvalue weighted by Crippen LogP contribution is 2.30. The molecule has 15 heavy (non-hydrogen) atoms. The summed E-state index contributed by atoms with van der Waals surface area (Å²) < 4.78 is 15.1. The van der Waals surface area contributed by atoms with Crippen molar-refractivity contribution < 1.29 is 19.0 Å². The van der Waals surface area contributed by atoms with Gasteiger partial charge in [-0.25, -0.2) is 4.79 Å². The molecule has 1 heterocycles. The van der Waals surface area contributed by atoms with Crippen LogP contribution in [0, 0.1) is 5.41 Å². The largest absolute Gasteiger partial charge is 0.508 e. The highest BCUT2D eigenvalue weighted by Gasteiger charge is 2.37. The lowest BCUT2D eigenvalue weighted by atomic mass is 9.90. The zero-order valence-corrected chi connectivity index (χ0v) is 9.38. The average molecular weight is 214 g/mol. The zero-order chi connectivity index (χ0) is 11.3. The summed E-state index contributed by atoms with van der Waals surface area (Å²) in [6.45, 7) is 9.06. The summed E-state index contributed by atoms with van der Waals surface area (Å²) in [6, 6.07) is 0. The van der Waals surface area contributed by atoms with Crippen molar-refractivity contribution in [2.45, 2.75) is 26.7 Å². The van der Waals surface area contributed by atoms with E-state index in [-0.39, 0.29) is 13.2 Å². The van der Waals surface area contributed by atoms with Gasteiger partial charge in [0.1, 0.15) is 19.0 Å². The van der Waals surface area contributed by atoms with E-state index in [1.165, 1.54) is 0 Å². The van der Waals surface area contributed by atoms with Gasteiger partial charge in [0.15, 0.2) is 0 Å². The number of hydrogen-bond acceptors (Lipinski definition) is 4. The third-order valence-electron chi connectivity index (χ3n) is 2.46. The predicted molar refractivity (Wildman–Crippen MR) is 55.4 cm³/mol. The molecule has 86 valence electrons. The summed E-state index contributed by atoms with van der Waals surface area (Å²) in [5.74, 6) is 0.628. The van der Waals surface area contributed by atoms with E-state index in [4.69, 9.17) is 14.2 Å². The summed E-state index contributed by atoms with van der Waals surface area (Å²) in [7, 11) is 0. The van der Waals surface area contributed by atoms with Gasteiger partial charge in [-0.05, 0) is 13.3 Å². The van der Waals surface area contributed by atoms with E-state index in [9.17, 15) is 4.79 Å². The Bertz CT molecular complexity index is 237. The molecule has 1 aliphatic heterocycles. The Kier molecular flexibility index (Phi) is 4.00. The predicted octanol–water partition coefficient (Wildman–Crippen LogP) is 2.49. The molecule has 0 aliphatic carbocycles. The highest BCUT2D eigenvalue weighted by molar-refractivity contribution is 5.60. The Morgan fingerprint density at radius 3 is 2.67 bits per heavy atom. The maximum absolute atomic E-state index is 10.7. The van der Waals surface area contributed by atoms with Gasteiger partial charge in [-0.2, -0.15) is 0 Å². The third-order valence-corrected chi connectivity index (χ3v) is 2.46. The Morgan fingerprint density at radius 2 is 2.13 bits per heavy atom. The lowest BCUT2D eigenvalue weighted by Crippen LogP contribution is -2.38. The number of rotatable bonds is 5. The van der Waals surface area contributed by atoms with E-state index >= 15 is 0 Å². The Labute approximate surface area is 90.2 Å². The molecule has 1 aliphatic rings. The fourth-order valence-corrected chi connectivity index (χ4v) is 1.19. The summed E-state index contributed by atoms with van der Waals surface area (Å²) in [6.07, 6.45) is 1.46. The standard InChI is InChI=1S/C11H18O4/c1-4-5-6-13-9(2)11(3)7-14-10(12)15-8-11/h2,4-8H2,1,3H3. The van der Waals surface area contributed by atoms with Gasteiger partial charge in [0.2, 0.25) is 0 Å². The van der Waals surface area contributed by atoms with Crippen LogP contribution in [0.2, 0.25) is 0 Å². The molecule has 1 fully saturated rings.